The van der Waals surface area contributed by atoms with Crippen LogP contribution in [0.15, 0.2) is 24.3 Å². The second-order valence-corrected chi connectivity index (χ2v) is 4.58. The molecule has 0 aliphatic heterocycles. The van der Waals surface area contributed by atoms with Crippen molar-refractivity contribution in [3.05, 3.63) is 35.5 Å². The molecule has 0 saturated carbocycles. The zero-order valence-corrected chi connectivity index (χ0v) is 12.3. The van der Waals surface area contributed by atoms with Crippen molar-refractivity contribution in [3.8, 4) is 17.3 Å². The van der Waals surface area contributed by atoms with Crippen molar-refractivity contribution < 1.29 is 19.4 Å². The number of nitrogens with zero attached hydrogens (tertiary/aromatic N) is 2. The number of ether oxygens (including phenoxy) is 2. The molecule has 6 nitrogen and oxygen atoms in total. The highest BCUT2D eigenvalue weighted by Gasteiger charge is 2.18. The maximum atomic E-state index is 10.8. The lowest BCUT2D eigenvalue weighted by molar-refractivity contribution is -0.136. The van der Waals surface area contributed by atoms with Gasteiger partial charge in [0.05, 0.1) is 25.6 Å². The van der Waals surface area contributed by atoms with Crippen molar-refractivity contribution in [3.63, 3.8) is 0 Å². The molecule has 0 aliphatic carbocycles. The van der Waals surface area contributed by atoms with Crippen LogP contribution in [-0.4, -0.2) is 35.1 Å². The molecular weight excluding hydrogens is 272 g/mol. The minimum Gasteiger partial charge on any atom is -0.497 e. The summed E-state index contributed by atoms with van der Waals surface area (Å²) in [6.45, 7) is 1.84. The number of rotatable bonds is 6. The number of aromatic nitrogens is 2. The third kappa shape index (κ3) is 3.16. The Hall–Kier alpha value is -2.50. The van der Waals surface area contributed by atoms with Crippen LogP contribution in [0, 0.1) is 6.92 Å². The highest BCUT2D eigenvalue weighted by molar-refractivity contribution is 5.67. The Morgan fingerprint density at radius 3 is 2.71 bits per heavy atom. The molecule has 2 rings (SSSR count). The molecule has 0 bridgehead atoms. The average Bonchev–Trinajstić information content (AvgIpc) is 2.81. The molecule has 1 aromatic carbocycles. The lowest BCUT2D eigenvalue weighted by Crippen LogP contribution is -2.02. The number of methoxy groups -OCH3 is 2. The fourth-order valence-corrected chi connectivity index (χ4v) is 2.19. The van der Waals surface area contributed by atoms with E-state index in [4.69, 9.17) is 14.6 Å². The summed E-state index contributed by atoms with van der Waals surface area (Å²) in [4.78, 5) is 10.8. The normalized spacial score (nSPS) is 10.4. The van der Waals surface area contributed by atoms with Gasteiger partial charge in [0.1, 0.15) is 5.75 Å². The van der Waals surface area contributed by atoms with Crippen LogP contribution in [0.5, 0.6) is 11.6 Å². The van der Waals surface area contributed by atoms with E-state index < -0.39 is 5.97 Å². The van der Waals surface area contributed by atoms with Crippen LogP contribution in [0.4, 0.5) is 0 Å². The topological polar surface area (TPSA) is 73.6 Å². The molecule has 0 atom stereocenters. The van der Waals surface area contributed by atoms with E-state index in [1.807, 2.05) is 31.2 Å². The summed E-state index contributed by atoms with van der Waals surface area (Å²) < 4.78 is 12.3. The standard InChI is InChI=1S/C15H18N2O4/c1-10-13(7-8-14(18)19)15(21-3)17(16-10)11-5-4-6-12(9-11)20-2/h4-6,9H,7-8H2,1-3H3,(H,18,19). The average molecular weight is 290 g/mol. The molecule has 0 spiro atoms. The molecule has 0 fully saturated rings. The Morgan fingerprint density at radius 1 is 1.33 bits per heavy atom. The van der Waals surface area contributed by atoms with Gasteiger partial charge < -0.3 is 14.6 Å². The van der Waals surface area contributed by atoms with Crippen molar-refractivity contribution in [1.82, 2.24) is 9.78 Å². The van der Waals surface area contributed by atoms with Gasteiger partial charge in [-0.2, -0.15) is 5.10 Å². The van der Waals surface area contributed by atoms with Crippen LogP contribution in [0.25, 0.3) is 5.69 Å². The molecule has 0 saturated heterocycles. The Balaban J connectivity index is 2.44. The number of carboxylic acids is 1. The minimum atomic E-state index is -0.842. The SMILES string of the molecule is COc1cccc(-n2nc(C)c(CCC(=O)O)c2OC)c1. The third-order valence-corrected chi connectivity index (χ3v) is 3.22. The first kappa shape index (κ1) is 14.9. The predicted molar refractivity (Wildman–Crippen MR) is 77.4 cm³/mol. The van der Waals surface area contributed by atoms with E-state index in [1.165, 1.54) is 0 Å². The Kier molecular flexibility index (Phi) is 4.47. The molecule has 0 radical (unpaired) electrons. The maximum Gasteiger partial charge on any atom is 0.303 e. The Labute approximate surface area is 122 Å². The van der Waals surface area contributed by atoms with E-state index in [0.717, 1.165) is 22.7 Å². The van der Waals surface area contributed by atoms with E-state index in [-0.39, 0.29) is 6.42 Å². The fraction of sp³-hybridized carbons (Fsp3) is 0.333. The summed E-state index contributed by atoms with van der Waals surface area (Å²) in [5.41, 5.74) is 2.37. The third-order valence-electron chi connectivity index (χ3n) is 3.22. The second-order valence-electron chi connectivity index (χ2n) is 4.58. The first-order valence-electron chi connectivity index (χ1n) is 6.55. The van der Waals surface area contributed by atoms with Crippen molar-refractivity contribution >= 4 is 5.97 Å². The molecule has 1 heterocycles. The summed E-state index contributed by atoms with van der Waals surface area (Å²) >= 11 is 0. The lowest BCUT2D eigenvalue weighted by atomic mass is 10.1. The first-order valence-corrected chi connectivity index (χ1v) is 6.55. The van der Waals surface area contributed by atoms with Crippen molar-refractivity contribution in [2.45, 2.75) is 19.8 Å². The summed E-state index contributed by atoms with van der Waals surface area (Å²) in [5.74, 6) is 0.433. The summed E-state index contributed by atoms with van der Waals surface area (Å²) in [5, 5.41) is 13.3. The zero-order chi connectivity index (χ0) is 15.4. The van der Waals surface area contributed by atoms with Gasteiger partial charge in [0, 0.05) is 18.1 Å². The molecule has 0 unspecified atom stereocenters. The number of carbonyl (C=O) groups is 1. The smallest absolute Gasteiger partial charge is 0.303 e. The van der Waals surface area contributed by atoms with Gasteiger partial charge in [-0.25, -0.2) is 4.68 Å². The van der Waals surface area contributed by atoms with Gasteiger partial charge in [-0.15, -0.1) is 0 Å². The van der Waals surface area contributed by atoms with Crippen LogP contribution in [0.2, 0.25) is 0 Å². The van der Waals surface area contributed by atoms with Crippen LogP contribution < -0.4 is 9.47 Å². The highest BCUT2D eigenvalue weighted by atomic mass is 16.5. The van der Waals surface area contributed by atoms with E-state index in [0.29, 0.717) is 12.3 Å². The molecule has 21 heavy (non-hydrogen) atoms. The summed E-state index contributed by atoms with van der Waals surface area (Å²) in [6.07, 6.45) is 0.426. The Morgan fingerprint density at radius 2 is 2.10 bits per heavy atom. The van der Waals surface area contributed by atoms with Crippen molar-refractivity contribution in [2.75, 3.05) is 14.2 Å². The van der Waals surface area contributed by atoms with Crippen LogP contribution in [0.1, 0.15) is 17.7 Å². The van der Waals surface area contributed by atoms with Gasteiger partial charge in [-0.05, 0) is 25.5 Å². The minimum absolute atomic E-state index is 0.0427. The molecule has 1 aromatic heterocycles. The molecule has 0 amide bonds. The van der Waals surface area contributed by atoms with Crippen molar-refractivity contribution in [2.24, 2.45) is 0 Å². The van der Waals surface area contributed by atoms with Gasteiger partial charge in [-0.3, -0.25) is 4.79 Å². The predicted octanol–water partition coefficient (Wildman–Crippen LogP) is 2.22. The molecule has 0 aliphatic rings. The number of hydrogen-bond donors (Lipinski definition) is 1. The first-order chi connectivity index (χ1) is 10.1. The summed E-state index contributed by atoms with van der Waals surface area (Å²) in [6, 6.07) is 7.44. The monoisotopic (exact) mass is 290 g/mol. The van der Waals surface area contributed by atoms with E-state index in [2.05, 4.69) is 5.10 Å². The number of carboxylic acid groups (broad SMARTS) is 1. The van der Waals surface area contributed by atoms with Crippen LogP contribution >= 0.6 is 0 Å². The van der Waals surface area contributed by atoms with Crippen LogP contribution in [0.3, 0.4) is 0 Å². The van der Waals surface area contributed by atoms with Crippen molar-refractivity contribution in [1.29, 1.82) is 0 Å². The van der Waals surface area contributed by atoms with Gasteiger partial charge in [0.15, 0.2) is 0 Å². The van der Waals surface area contributed by atoms with E-state index in [1.54, 1.807) is 18.9 Å². The number of hydrogen-bond acceptors (Lipinski definition) is 4. The number of aryl methyl sites for hydroxylation is 1. The summed E-state index contributed by atoms with van der Waals surface area (Å²) in [7, 11) is 3.15. The van der Waals surface area contributed by atoms with Gasteiger partial charge in [0.25, 0.3) is 0 Å². The molecular formula is C15H18N2O4. The second kappa shape index (κ2) is 6.30. The number of benzene rings is 1. The quantitative estimate of drug-likeness (QED) is 0.883. The van der Waals surface area contributed by atoms with Gasteiger partial charge in [-0.1, -0.05) is 6.07 Å². The zero-order valence-electron chi connectivity index (χ0n) is 12.3. The molecule has 112 valence electrons. The highest BCUT2D eigenvalue weighted by Crippen LogP contribution is 2.28. The number of aliphatic carboxylic acids is 1. The maximum absolute atomic E-state index is 10.8. The van der Waals surface area contributed by atoms with Crippen LogP contribution in [-0.2, 0) is 11.2 Å². The van der Waals surface area contributed by atoms with Gasteiger partial charge in [0.2, 0.25) is 5.88 Å². The fourth-order valence-electron chi connectivity index (χ4n) is 2.19. The van der Waals surface area contributed by atoms with E-state index in [9.17, 15) is 4.79 Å². The van der Waals surface area contributed by atoms with E-state index >= 15 is 0 Å². The molecule has 6 heteroatoms. The Bertz CT molecular complexity index is 649. The van der Waals surface area contributed by atoms with Gasteiger partial charge >= 0.3 is 5.97 Å². The molecule has 2 aromatic rings. The molecule has 1 N–H and O–H groups in total. The lowest BCUT2D eigenvalue weighted by Gasteiger charge is -2.09. The largest absolute Gasteiger partial charge is 0.497 e.